The lowest BCUT2D eigenvalue weighted by Crippen LogP contribution is -2.12. The molecule has 1 unspecified atom stereocenters. The molecule has 1 saturated heterocycles. The van der Waals surface area contributed by atoms with Crippen molar-refractivity contribution in [2.75, 3.05) is 20.3 Å². The van der Waals surface area contributed by atoms with Crippen molar-refractivity contribution >= 4 is 0 Å². The Morgan fingerprint density at radius 1 is 1.53 bits per heavy atom. The smallest absolute Gasteiger partial charge is 0.134 e. The van der Waals surface area contributed by atoms with E-state index >= 15 is 0 Å². The normalized spacial score (nSPS) is 20.8. The molecule has 82 valence electrons. The number of aryl methyl sites for hydroxylation is 1. The number of hydrogen-bond acceptors (Lipinski definition) is 4. The van der Waals surface area contributed by atoms with Gasteiger partial charge in [0.25, 0.3) is 0 Å². The van der Waals surface area contributed by atoms with Gasteiger partial charge in [-0.25, -0.2) is 9.97 Å². The number of aromatic nitrogens is 2. The molecule has 1 fully saturated rings. The summed E-state index contributed by atoms with van der Waals surface area (Å²) in [6, 6.07) is 2.02. The number of rotatable bonds is 3. The van der Waals surface area contributed by atoms with Crippen molar-refractivity contribution in [1.29, 1.82) is 0 Å². The van der Waals surface area contributed by atoms with Gasteiger partial charge in [-0.15, -0.1) is 0 Å². The van der Waals surface area contributed by atoms with Crippen LogP contribution in [0.25, 0.3) is 0 Å². The van der Waals surface area contributed by atoms with Crippen LogP contribution in [-0.4, -0.2) is 30.2 Å². The quantitative estimate of drug-likeness (QED) is 0.803. The molecule has 2 rings (SSSR count). The molecule has 4 heteroatoms. The molecule has 1 aromatic heterocycles. The Bertz CT molecular complexity index is 335. The summed E-state index contributed by atoms with van der Waals surface area (Å²) in [4.78, 5) is 9.03. The molecule has 1 N–H and O–H groups in total. The molecule has 1 aromatic rings. The Morgan fingerprint density at radius 3 is 3.07 bits per heavy atom. The van der Waals surface area contributed by atoms with Gasteiger partial charge in [-0.1, -0.05) is 0 Å². The molecule has 4 nitrogen and oxygen atoms in total. The van der Waals surface area contributed by atoms with Gasteiger partial charge >= 0.3 is 0 Å². The summed E-state index contributed by atoms with van der Waals surface area (Å²) in [7, 11) is 1.93. The standard InChI is InChI=1S/C11H17N3O/c1-8-5-10(6-12-2)14-11(13-8)9-3-4-15-7-9/h5,9,12H,3-4,6-7H2,1-2H3. The van der Waals surface area contributed by atoms with E-state index in [1.54, 1.807) is 0 Å². The van der Waals surface area contributed by atoms with Gasteiger partial charge in [0.05, 0.1) is 12.3 Å². The second kappa shape index (κ2) is 4.68. The van der Waals surface area contributed by atoms with E-state index in [9.17, 15) is 0 Å². The van der Waals surface area contributed by atoms with Gasteiger partial charge in [-0.2, -0.15) is 0 Å². The Morgan fingerprint density at radius 2 is 2.40 bits per heavy atom. The van der Waals surface area contributed by atoms with Crippen molar-refractivity contribution in [2.24, 2.45) is 0 Å². The summed E-state index contributed by atoms with van der Waals surface area (Å²) in [5.41, 5.74) is 2.10. The average Bonchev–Trinajstić information content (AvgIpc) is 2.70. The van der Waals surface area contributed by atoms with Crippen LogP contribution >= 0.6 is 0 Å². The Labute approximate surface area is 90.1 Å². The largest absolute Gasteiger partial charge is 0.381 e. The molecule has 1 atom stereocenters. The van der Waals surface area contributed by atoms with Crippen molar-refractivity contribution in [3.05, 3.63) is 23.3 Å². The minimum Gasteiger partial charge on any atom is -0.381 e. The molecule has 0 bridgehead atoms. The molecule has 0 radical (unpaired) electrons. The Hall–Kier alpha value is -1.00. The first-order chi connectivity index (χ1) is 7.29. The topological polar surface area (TPSA) is 47.0 Å². The lowest BCUT2D eigenvalue weighted by Gasteiger charge is -2.09. The minimum absolute atomic E-state index is 0.389. The predicted octanol–water partition coefficient (Wildman–Crippen LogP) is 1.01. The van der Waals surface area contributed by atoms with Gasteiger partial charge in [-0.05, 0) is 26.5 Å². The van der Waals surface area contributed by atoms with Gasteiger partial charge in [-0.3, -0.25) is 0 Å². The Kier molecular flexibility index (Phi) is 3.28. The summed E-state index contributed by atoms with van der Waals surface area (Å²) in [6.45, 7) is 4.41. The van der Waals surface area contributed by atoms with Crippen molar-refractivity contribution in [2.45, 2.75) is 25.8 Å². The van der Waals surface area contributed by atoms with E-state index in [2.05, 4.69) is 15.3 Å². The van der Waals surface area contributed by atoms with Crippen molar-refractivity contribution in [3.8, 4) is 0 Å². The monoisotopic (exact) mass is 207 g/mol. The summed E-state index contributed by atoms with van der Waals surface area (Å²) in [6.07, 6.45) is 1.04. The molecule has 2 heterocycles. The van der Waals surface area contributed by atoms with Gasteiger partial charge < -0.3 is 10.1 Å². The maximum atomic E-state index is 5.36. The van der Waals surface area contributed by atoms with E-state index in [-0.39, 0.29) is 0 Å². The highest BCUT2D eigenvalue weighted by atomic mass is 16.5. The SMILES string of the molecule is CNCc1cc(C)nc(C2CCOC2)n1. The maximum absolute atomic E-state index is 5.36. The van der Waals surface area contributed by atoms with Gasteiger partial charge in [0.2, 0.25) is 0 Å². The van der Waals surface area contributed by atoms with Crippen LogP contribution in [0.1, 0.15) is 29.6 Å². The second-order valence-electron chi connectivity index (χ2n) is 3.95. The molecule has 0 spiro atoms. The zero-order valence-corrected chi connectivity index (χ0v) is 9.29. The molecule has 0 aliphatic carbocycles. The van der Waals surface area contributed by atoms with E-state index in [0.29, 0.717) is 5.92 Å². The van der Waals surface area contributed by atoms with Crippen LogP contribution in [0.15, 0.2) is 6.07 Å². The third-order valence-corrected chi connectivity index (χ3v) is 2.58. The van der Waals surface area contributed by atoms with Gasteiger partial charge in [0.15, 0.2) is 0 Å². The van der Waals surface area contributed by atoms with Crippen molar-refractivity contribution in [1.82, 2.24) is 15.3 Å². The maximum Gasteiger partial charge on any atom is 0.134 e. The number of hydrogen-bond donors (Lipinski definition) is 1. The highest BCUT2D eigenvalue weighted by Crippen LogP contribution is 2.22. The lowest BCUT2D eigenvalue weighted by molar-refractivity contribution is 0.193. The van der Waals surface area contributed by atoms with Crippen molar-refractivity contribution < 1.29 is 4.74 Å². The predicted molar refractivity (Wildman–Crippen MR) is 57.7 cm³/mol. The van der Waals surface area contributed by atoms with E-state index in [4.69, 9.17) is 4.74 Å². The van der Waals surface area contributed by atoms with Crippen LogP contribution in [-0.2, 0) is 11.3 Å². The third-order valence-electron chi connectivity index (χ3n) is 2.58. The van der Waals surface area contributed by atoms with E-state index in [1.165, 1.54) is 0 Å². The first-order valence-corrected chi connectivity index (χ1v) is 5.36. The van der Waals surface area contributed by atoms with Crippen LogP contribution < -0.4 is 5.32 Å². The highest BCUT2D eigenvalue weighted by Gasteiger charge is 2.20. The van der Waals surface area contributed by atoms with E-state index in [1.807, 2.05) is 20.0 Å². The zero-order valence-electron chi connectivity index (χ0n) is 9.29. The number of nitrogens with one attached hydrogen (secondary N) is 1. The third kappa shape index (κ3) is 2.52. The summed E-state index contributed by atoms with van der Waals surface area (Å²) < 4.78 is 5.36. The number of nitrogens with zero attached hydrogens (tertiary/aromatic N) is 2. The van der Waals surface area contributed by atoms with Crippen LogP contribution in [0.3, 0.4) is 0 Å². The number of ether oxygens (including phenoxy) is 1. The molecule has 1 aliphatic heterocycles. The van der Waals surface area contributed by atoms with Gasteiger partial charge in [0.1, 0.15) is 5.82 Å². The lowest BCUT2D eigenvalue weighted by atomic mass is 10.1. The van der Waals surface area contributed by atoms with E-state index < -0.39 is 0 Å². The first kappa shape index (κ1) is 10.5. The first-order valence-electron chi connectivity index (χ1n) is 5.36. The summed E-state index contributed by atoms with van der Waals surface area (Å²) in [5, 5.41) is 3.11. The average molecular weight is 207 g/mol. The Balaban J connectivity index is 2.22. The zero-order chi connectivity index (χ0) is 10.7. The molecule has 0 amide bonds. The highest BCUT2D eigenvalue weighted by molar-refractivity contribution is 5.12. The second-order valence-corrected chi connectivity index (χ2v) is 3.95. The summed E-state index contributed by atoms with van der Waals surface area (Å²) in [5.74, 6) is 1.33. The van der Waals surface area contributed by atoms with Crippen LogP contribution in [0.2, 0.25) is 0 Å². The van der Waals surface area contributed by atoms with Crippen LogP contribution in [0.5, 0.6) is 0 Å². The fourth-order valence-electron chi connectivity index (χ4n) is 1.85. The summed E-state index contributed by atoms with van der Waals surface area (Å²) >= 11 is 0. The van der Waals surface area contributed by atoms with Crippen LogP contribution in [0.4, 0.5) is 0 Å². The van der Waals surface area contributed by atoms with Crippen molar-refractivity contribution in [3.63, 3.8) is 0 Å². The molecule has 0 saturated carbocycles. The van der Waals surface area contributed by atoms with E-state index in [0.717, 1.165) is 43.4 Å². The molecular formula is C11H17N3O. The fraction of sp³-hybridized carbons (Fsp3) is 0.636. The van der Waals surface area contributed by atoms with Gasteiger partial charge in [0, 0.05) is 24.8 Å². The fourth-order valence-corrected chi connectivity index (χ4v) is 1.85. The molecule has 15 heavy (non-hydrogen) atoms. The molecule has 0 aromatic carbocycles. The minimum atomic E-state index is 0.389. The molecular weight excluding hydrogens is 190 g/mol. The van der Waals surface area contributed by atoms with Crippen LogP contribution in [0, 0.1) is 6.92 Å². The molecule has 1 aliphatic rings.